The summed E-state index contributed by atoms with van der Waals surface area (Å²) in [5.41, 5.74) is 4.18. The molecule has 3 aromatic carbocycles. The molecule has 0 unspecified atom stereocenters. The third-order valence-corrected chi connectivity index (χ3v) is 7.94. The number of aliphatic hydroxyl groups excluding tert-OH is 2. The van der Waals surface area contributed by atoms with Gasteiger partial charge in [-0.2, -0.15) is 0 Å². The third-order valence-electron chi connectivity index (χ3n) is 7.94. The van der Waals surface area contributed by atoms with Crippen molar-refractivity contribution in [1.29, 1.82) is 0 Å². The minimum atomic E-state index is -1.23. The van der Waals surface area contributed by atoms with Crippen LogP contribution in [0.2, 0.25) is 0 Å². The van der Waals surface area contributed by atoms with E-state index in [0.717, 1.165) is 5.56 Å². The summed E-state index contributed by atoms with van der Waals surface area (Å²) >= 11 is 0. The van der Waals surface area contributed by atoms with E-state index in [4.69, 9.17) is 9.84 Å². The first-order valence-corrected chi connectivity index (χ1v) is 15.2. The average Bonchev–Trinajstić information content (AvgIpc) is 3.36. The predicted octanol–water partition coefficient (Wildman–Crippen LogP) is 6.05. The zero-order valence-corrected chi connectivity index (χ0v) is 26.3. The Morgan fingerprint density at radius 3 is 1.85 bits per heavy atom. The van der Waals surface area contributed by atoms with Gasteiger partial charge in [0, 0.05) is 22.9 Å². The fourth-order valence-electron chi connectivity index (χ4n) is 5.76. The van der Waals surface area contributed by atoms with E-state index in [2.05, 4.69) is 5.32 Å². The molecule has 1 heterocycles. The Labute approximate surface area is 295 Å². The van der Waals surface area contributed by atoms with Crippen molar-refractivity contribution in [3.8, 4) is 28.0 Å². The Balaban J connectivity index is 0.00000600. The number of benzene rings is 3. The van der Waals surface area contributed by atoms with Crippen LogP contribution in [0.4, 0.5) is 8.78 Å². The fourth-order valence-corrected chi connectivity index (χ4v) is 5.76. The van der Waals surface area contributed by atoms with Crippen LogP contribution in [0.5, 0.6) is 5.75 Å². The van der Waals surface area contributed by atoms with Gasteiger partial charge in [0.15, 0.2) is 0 Å². The zero-order valence-electron chi connectivity index (χ0n) is 26.3. The number of amides is 1. The molecule has 8 nitrogen and oxygen atoms in total. The van der Waals surface area contributed by atoms with Crippen LogP contribution < -0.4 is 10.1 Å². The molecular formula is C36H41F2N2NaO6. The number of carbonyl (C=O) groups is 2. The second-order valence-corrected chi connectivity index (χ2v) is 11.7. The molecule has 1 amide bonds. The van der Waals surface area contributed by atoms with Crippen LogP contribution in [-0.4, -0.2) is 80.6 Å². The molecule has 11 heteroatoms. The molecule has 0 fully saturated rings. The number of rotatable bonds is 14. The van der Waals surface area contributed by atoms with Crippen molar-refractivity contribution in [2.24, 2.45) is 0 Å². The number of aliphatic carboxylic acids is 1. The molecule has 0 bridgehead atoms. The van der Waals surface area contributed by atoms with Crippen molar-refractivity contribution in [3.63, 3.8) is 0 Å². The maximum atomic E-state index is 14.3. The van der Waals surface area contributed by atoms with Gasteiger partial charge in [0.2, 0.25) is 0 Å². The summed E-state index contributed by atoms with van der Waals surface area (Å²) in [6.45, 7) is 5.70. The van der Waals surface area contributed by atoms with E-state index in [9.17, 15) is 28.6 Å². The number of nitrogens with one attached hydrogen (secondary N) is 1. The SMILES string of the molecule is COc1ccc([C@H](C)NC(=O)c2c(-c3ccc(F)cc3)c(-c3ccc(F)cc3)c(CC[C@@H](O)C[C@@H](O)CC(=O)O)n2C(C)C)cc1.[NaH]. The summed E-state index contributed by atoms with van der Waals surface area (Å²) in [5.74, 6) is -1.76. The number of carboxylic acids is 1. The molecule has 47 heavy (non-hydrogen) atoms. The van der Waals surface area contributed by atoms with Gasteiger partial charge in [-0.05, 0) is 93.1 Å². The summed E-state index contributed by atoms with van der Waals surface area (Å²) < 4.78 is 35.4. The molecule has 0 saturated heterocycles. The summed E-state index contributed by atoms with van der Waals surface area (Å²) in [5, 5.41) is 33.0. The minimum absolute atomic E-state index is 0. The van der Waals surface area contributed by atoms with Gasteiger partial charge in [0.05, 0.1) is 31.8 Å². The van der Waals surface area contributed by atoms with Crippen LogP contribution in [0.1, 0.15) is 73.9 Å². The van der Waals surface area contributed by atoms with Crippen molar-refractivity contribution >= 4 is 41.4 Å². The van der Waals surface area contributed by atoms with Gasteiger partial charge < -0.3 is 29.9 Å². The Bertz CT molecular complexity index is 1640. The number of ether oxygens (including phenoxy) is 1. The van der Waals surface area contributed by atoms with E-state index >= 15 is 0 Å². The van der Waals surface area contributed by atoms with Crippen molar-refractivity contribution in [2.45, 2.75) is 70.7 Å². The van der Waals surface area contributed by atoms with Gasteiger partial charge in [0.25, 0.3) is 5.91 Å². The first-order chi connectivity index (χ1) is 21.9. The van der Waals surface area contributed by atoms with E-state index in [0.29, 0.717) is 39.4 Å². The first-order valence-electron chi connectivity index (χ1n) is 15.2. The fraction of sp³-hybridized carbons (Fsp3) is 0.333. The molecule has 0 aliphatic heterocycles. The molecule has 4 rings (SSSR count). The Hall–Kier alpha value is -3.54. The summed E-state index contributed by atoms with van der Waals surface area (Å²) in [6.07, 6.45) is -2.51. The number of carboxylic acid groups (broad SMARTS) is 1. The predicted molar refractivity (Wildman–Crippen MR) is 179 cm³/mol. The number of hydrogen-bond donors (Lipinski definition) is 4. The van der Waals surface area contributed by atoms with E-state index in [1.807, 2.05) is 49.6 Å². The Morgan fingerprint density at radius 2 is 1.36 bits per heavy atom. The van der Waals surface area contributed by atoms with Crippen molar-refractivity contribution in [2.75, 3.05) is 7.11 Å². The molecule has 0 spiro atoms. The number of aliphatic hydroxyl groups is 2. The van der Waals surface area contributed by atoms with Crippen LogP contribution in [0.25, 0.3) is 22.3 Å². The first kappa shape index (κ1) is 37.9. The topological polar surface area (TPSA) is 121 Å². The van der Waals surface area contributed by atoms with Gasteiger partial charge in [-0.25, -0.2) is 8.78 Å². The van der Waals surface area contributed by atoms with Crippen LogP contribution in [-0.2, 0) is 11.2 Å². The van der Waals surface area contributed by atoms with Gasteiger partial charge >= 0.3 is 35.5 Å². The monoisotopic (exact) mass is 658 g/mol. The summed E-state index contributed by atoms with van der Waals surface area (Å²) in [6, 6.07) is 18.4. The van der Waals surface area contributed by atoms with Crippen LogP contribution in [0.15, 0.2) is 72.8 Å². The molecule has 0 radical (unpaired) electrons. The average molecular weight is 659 g/mol. The summed E-state index contributed by atoms with van der Waals surface area (Å²) in [4.78, 5) is 25.4. The molecule has 0 saturated carbocycles. The summed E-state index contributed by atoms with van der Waals surface area (Å²) in [7, 11) is 1.57. The quantitative estimate of drug-likeness (QED) is 0.123. The van der Waals surface area contributed by atoms with Gasteiger partial charge in [0.1, 0.15) is 23.1 Å². The van der Waals surface area contributed by atoms with Crippen molar-refractivity contribution < 1.29 is 38.4 Å². The second-order valence-electron chi connectivity index (χ2n) is 11.7. The van der Waals surface area contributed by atoms with Crippen LogP contribution in [0, 0.1) is 11.6 Å². The molecular weight excluding hydrogens is 617 g/mol. The van der Waals surface area contributed by atoms with E-state index in [-0.39, 0.29) is 60.8 Å². The van der Waals surface area contributed by atoms with Crippen LogP contribution in [0.3, 0.4) is 0 Å². The Morgan fingerprint density at radius 1 is 0.830 bits per heavy atom. The molecule has 3 atom stereocenters. The Kier molecular flexibility index (Phi) is 13.7. The van der Waals surface area contributed by atoms with Crippen molar-refractivity contribution in [1.82, 2.24) is 9.88 Å². The van der Waals surface area contributed by atoms with Crippen LogP contribution >= 0.6 is 0 Å². The standard InChI is InChI=1S/C36H40F2N2O6.Na.H/c1-21(2)40-31(18-15-28(41)19-29(42)20-32(43)44)33(24-5-11-26(37)12-6-24)34(25-7-13-27(38)14-8-25)35(40)36(45)39-22(3)23-9-16-30(46-4)17-10-23;;/h5-14,16-17,21-22,28-29,41-42H,15,18-20H2,1-4H3,(H,39,45)(H,43,44);;/t22-,28+,29+;;/m0../s1. The molecule has 0 aliphatic rings. The number of hydrogen-bond acceptors (Lipinski definition) is 5. The van der Waals surface area contributed by atoms with Crippen molar-refractivity contribution in [3.05, 3.63) is 101 Å². The van der Waals surface area contributed by atoms with Gasteiger partial charge in [-0.1, -0.05) is 36.4 Å². The molecule has 4 aromatic rings. The molecule has 4 N–H and O–H groups in total. The van der Waals surface area contributed by atoms with E-state index in [1.54, 1.807) is 31.4 Å². The third kappa shape index (κ3) is 9.52. The second kappa shape index (κ2) is 17.0. The number of methoxy groups -OCH3 is 1. The van der Waals surface area contributed by atoms with Gasteiger partial charge in [-0.3, -0.25) is 9.59 Å². The number of aromatic nitrogens is 1. The normalized spacial score (nSPS) is 13.0. The van der Waals surface area contributed by atoms with E-state index < -0.39 is 42.3 Å². The maximum absolute atomic E-state index is 14.3. The molecule has 246 valence electrons. The molecule has 1 aromatic heterocycles. The van der Waals surface area contributed by atoms with E-state index in [1.165, 1.54) is 24.3 Å². The number of carbonyl (C=O) groups excluding carboxylic acids is 1. The van der Waals surface area contributed by atoms with Gasteiger partial charge in [-0.15, -0.1) is 0 Å². The zero-order chi connectivity index (χ0) is 33.5. The number of nitrogens with zero attached hydrogens (tertiary/aromatic N) is 1. The molecule has 0 aliphatic carbocycles. The number of halogens is 2.